The Labute approximate surface area is 134 Å². The molecule has 0 aliphatic carbocycles. The van der Waals surface area contributed by atoms with Gasteiger partial charge in [0.05, 0.1) is 13.0 Å². The minimum Gasteiger partial charge on any atom is -0.380 e. The summed E-state index contributed by atoms with van der Waals surface area (Å²) in [4.78, 5) is 12.3. The third-order valence-corrected chi connectivity index (χ3v) is 5.80. The van der Waals surface area contributed by atoms with Crippen molar-refractivity contribution in [3.05, 3.63) is 17.0 Å². The van der Waals surface area contributed by atoms with Gasteiger partial charge in [0.2, 0.25) is 5.91 Å². The summed E-state index contributed by atoms with van der Waals surface area (Å²) in [5, 5.41) is 2.73. The lowest BCUT2D eigenvalue weighted by Gasteiger charge is -2.07. The Bertz CT molecular complexity index is 554. The van der Waals surface area contributed by atoms with Crippen LogP contribution in [-0.4, -0.2) is 34.1 Å². The summed E-state index contributed by atoms with van der Waals surface area (Å²) in [7, 11) is 1.52. The molecule has 21 heavy (non-hydrogen) atoms. The van der Waals surface area contributed by atoms with Crippen LogP contribution in [-0.2, 0) is 25.0 Å². The minimum atomic E-state index is -3.71. The number of carbonyl (C=O) groups is 1. The van der Waals surface area contributed by atoms with E-state index in [0.29, 0.717) is 30.6 Å². The molecule has 0 atom stereocenters. The largest absolute Gasteiger partial charge is 0.380 e. The first kappa shape index (κ1) is 18.4. The van der Waals surface area contributed by atoms with Crippen LogP contribution in [0.1, 0.15) is 25.1 Å². The van der Waals surface area contributed by atoms with Crippen molar-refractivity contribution >= 4 is 37.0 Å². The van der Waals surface area contributed by atoms with Crippen molar-refractivity contribution in [2.75, 3.05) is 19.8 Å². The lowest BCUT2D eigenvalue weighted by molar-refractivity contribution is -0.120. The number of amides is 1. The Kier molecular flexibility index (Phi) is 7.65. The lowest BCUT2D eigenvalue weighted by atomic mass is 10.1. The summed E-state index contributed by atoms with van der Waals surface area (Å²) in [6.07, 6.45) is 1.14. The Morgan fingerprint density at radius 1 is 1.38 bits per heavy atom. The van der Waals surface area contributed by atoms with Crippen molar-refractivity contribution in [2.45, 2.75) is 30.9 Å². The second kappa shape index (κ2) is 8.73. The molecule has 8 heteroatoms. The Morgan fingerprint density at radius 2 is 2.10 bits per heavy atom. The van der Waals surface area contributed by atoms with Crippen LogP contribution in [0.25, 0.3) is 0 Å². The Morgan fingerprint density at radius 3 is 2.67 bits per heavy atom. The van der Waals surface area contributed by atoms with E-state index in [1.807, 2.05) is 0 Å². The van der Waals surface area contributed by atoms with Crippen LogP contribution in [0.15, 0.2) is 16.3 Å². The number of nitrogens with one attached hydrogen (secondary N) is 1. The van der Waals surface area contributed by atoms with Crippen LogP contribution >= 0.6 is 22.0 Å². The summed E-state index contributed by atoms with van der Waals surface area (Å²) in [6.45, 7) is 5.87. The Balaban J connectivity index is 2.24. The van der Waals surface area contributed by atoms with Gasteiger partial charge in [0.15, 0.2) is 0 Å². The van der Waals surface area contributed by atoms with Crippen LogP contribution in [0.3, 0.4) is 0 Å². The SMILES string of the molecule is CC(C)CCOCCNC(=O)Cc1ccc(S(=O)(=O)Cl)s1. The van der Waals surface area contributed by atoms with Crippen molar-refractivity contribution < 1.29 is 17.9 Å². The van der Waals surface area contributed by atoms with Crippen molar-refractivity contribution in [2.24, 2.45) is 5.92 Å². The molecule has 0 aliphatic rings. The smallest absolute Gasteiger partial charge is 0.270 e. The molecule has 0 fully saturated rings. The maximum Gasteiger partial charge on any atom is 0.270 e. The van der Waals surface area contributed by atoms with Gasteiger partial charge in [0.1, 0.15) is 4.21 Å². The molecule has 1 aromatic rings. The van der Waals surface area contributed by atoms with Crippen LogP contribution in [0.2, 0.25) is 0 Å². The molecular weight excluding hydrogens is 334 g/mol. The topological polar surface area (TPSA) is 72.5 Å². The normalized spacial score (nSPS) is 11.8. The fraction of sp³-hybridized carbons (Fsp3) is 0.615. The molecule has 5 nitrogen and oxygen atoms in total. The van der Waals surface area contributed by atoms with Crippen LogP contribution in [0, 0.1) is 5.92 Å². The number of carbonyl (C=O) groups excluding carboxylic acids is 1. The molecule has 1 aromatic heterocycles. The zero-order valence-electron chi connectivity index (χ0n) is 12.1. The number of hydrogen-bond donors (Lipinski definition) is 1. The van der Waals surface area contributed by atoms with Crippen molar-refractivity contribution in [1.29, 1.82) is 0 Å². The highest BCUT2D eigenvalue weighted by Crippen LogP contribution is 2.24. The van der Waals surface area contributed by atoms with Gasteiger partial charge in [-0.25, -0.2) is 8.42 Å². The monoisotopic (exact) mass is 353 g/mol. The molecule has 0 radical (unpaired) electrons. The average molecular weight is 354 g/mol. The maximum absolute atomic E-state index is 11.7. The van der Waals surface area contributed by atoms with Crippen molar-refractivity contribution in [3.8, 4) is 0 Å². The molecule has 0 aliphatic heterocycles. The highest BCUT2D eigenvalue weighted by atomic mass is 35.7. The molecule has 0 unspecified atom stereocenters. The van der Waals surface area contributed by atoms with E-state index in [0.717, 1.165) is 17.8 Å². The molecule has 0 aromatic carbocycles. The van der Waals surface area contributed by atoms with E-state index in [9.17, 15) is 13.2 Å². The van der Waals surface area contributed by atoms with Gasteiger partial charge in [-0.1, -0.05) is 13.8 Å². The standard InChI is InChI=1S/C13H20ClNO4S2/c1-10(2)5-7-19-8-6-15-12(16)9-11-3-4-13(20-11)21(14,17)18/h3-4,10H,5-9H2,1-2H3,(H,15,16). The van der Waals surface area contributed by atoms with Gasteiger partial charge in [-0.2, -0.15) is 0 Å². The summed E-state index contributed by atoms with van der Waals surface area (Å²) in [5.74, 6) is 0.439. The first-order valence-corrected chi connectivity index (χ1v) is 9.79. The Hall–Kier alpha value is -0.630. The van der Waals surface area contributed by atoms with E-state index in [4.69, 9.17) is 15.4 Å². The van der Waals surface area contributed by atoms with Gasteiger partial charge in [-0.05, 0) is 24.5 Å². The van der Waals surface area contributed by atoms with E-state index in [2.05, 4.69) is 19.2 Å². The fourth-order valence-corrected chi connectivity index (χ4v) is 3.61. The molecule has 1 amide bonds. The van der Waals surface area contributed by atoms with E-state index in [1.54, 1.807) is 6.07 Å². The molecule has 1 heterocycles. The number of ether oxygens (including phenoxy) is 1. The molecule has 1 rings (SSSR count). The molecule has 0 saturated carbocycles. The van der Waals surface area contributed by atoms with E-state index >= 15 is 0 Å². The molecule has 120 valence electrons. The summed E-state index contributed by atoms with van der Waals surface area (Å²) in [5.41, 5.74) is 0. The zero-order valence-corrected chi connectivity index (χ0v) is 14.5. The maximum atomic E-state index is 11.7. The van der Waals surface area contributed by atoms with Gasteiger partial charge in [-0.3, -0.25) is 4.79 Å². The molecular formula is C13H20ClNO4S2. The first-order chi connectivity index (χ1) is 9.79. The average Bonchev–Trinajstić information content (AvgIpc) is 2.81. The van der Waals surface area contributed by atoms with E-state index in [1.165, 1.54) is 6.07 Å². The van der Waals surface area contributed by atoms with E-state index in [-0.39, 0.29) is 16.5 Å². The second-order valence-electron chi connectivity index (χ2n) is 4.98. The highest BCUT2D eigenvalue weighted by molar-refractivity contribution is 8.15. The van der Waals surface area contributed by atoms with Gasteiger partial charge in [0.25, 0.3) is 9.05 Å². The lowest BCUT2D eigenvalue weighted by Crippen LogP contribution is -2.28. The number of halogens is 1. The molecule has 0 spiro atoms. The van der Waals surface area contributed by atoms with Gasteiger partial charge in [0, 0.05) is 28.7 Å². The van der Waals surface area contributed by atoms with Crippen molar-refractivity contribution in [3.63, 3.8) is 0 Å². The predicted molar refractivity (Wildman–Crippen MR) is 84.3 cm³/mol. The number of thiophene rings is 1. The van der Waals surface area contributed by atoms with E-state index < -0.39 is 9.05 Å². The number of hydrogen-bond acceptors (Lipinski definition) is 5. The third kappa shape index (κ3) is 7.80. The number of rotatable bonds is 9. The highest BCUT2D eigenvalue weighted by Gasteiger charge is 2.14. The molecule has 0 saturated heterocycles. The summed E-state index contributed by atoms with van der Waals surface area (Å²) < 4.78 is 27.7. The molecule has 0 bridgehead atoms. The quantitative estimate of drug-likeness (QED) is 0.546. The van der Waals surface area contributed by atoms with Crippen LogP contribution in [0.5, 0.6) is 0 Å². The van der Waals surface area contributed by atoms with Gasteiger partial charge < -0.3 is 10.1 Å². The van der Waals surface area contributed by atoms with Crippen LogP contribution in [0.4, 0.5) is 0 Å². The summed E-state index contributed by atoms with van der Waals surface area (Å²) >= 11 is 1.01. The predicted octanol–water partition coefficient (Wildman–Crippen LogP) is 2.40. The summed E-state index contributed by atoms with van der Waals surface area (Å²) in [6, 6.07) is 3.00. The third-order valence-electron chi connectivity index (χ3n) is 2.62. The second-order valence-corrected chi connectivity index (χ2v) is 8.94. The molecule has 1 N–H and O–H groups in total. The van der Waals surface area contributed by atoms with Gasteiger partial charge >= 0.3 is 0 Å². The zero-order chi connectivity index (χ0) is 15.9. The van der Waals surface area contributed by atoms with Crippen LogP contribution < -0.4 is 5.32 Å². The first-order valence-electron chi connectivity index (χ1n) is 6.67. The minimum absolute atomic E-state index is 0.0592. The van der Waals surface area contributed by atoms with Crippen molar-refractivity contribution in [1.82, 2.24) is 5.32 Å². The van der Waals surface area contributed by atoms with Gasteiger partial charge in [-0.15, -0.1) is 11.3 Å². The fourth-order valence-electron chi connectivity index (χ4n) is 1.49.